The van der Waals surface area contributed by atoms with Crippen LogP contribution in [0.25, 0.3) is 0 Å². The van der Waals surface area contributed by atoms with Crippen LogP contribution in [0, 0.1) is 6.92 Å². The second-order valence-electron chi connectivity index (χ2n) is 4.16. The van der Waals surface area contributed by atoms with E-state index in [9.17, 15) is 8.42 Å². The summed E-state index contributed by atoms with van der Waals surface area (Å²) in [5, 5.41) is 3.15. The molecule has 1 aromatic rings. The smallest absolute Gasteiger partial charge is 0.211 e. The van der Waals surface area contributed by atoms with E-state index in [1.54, 1.807) is 13.2 Å². The van der Waals surface area contributed by atoms with Crippen LogP contribution in [0.1, 0.15) is 18.3 Å². The molecule has 1 rings (SSSR count). The Morgan fingerprint density at radius 1 is 1.44 bits per heavy atom. The first-order chi connectivity index (χ1) is 8.34. The second kappa shape index (κ2) is 6.10. The molecule has 0 atom stereocenters. The summed E-state index contributed by atoms with van der Waals surface area (Å²) in [4.78, 5) is 8.45. The Morgan fingerprint density at radius 2 is 2.11 bits per heavy atom. The van der Waals surface area contributed by atoms with Gasteiger partial charge >= 0.3 is 0 Å². The number of nitrogens with zero attached hydrogens (tertiary/aromatic N) is 3. The summed E-state index contributed by atoms with van der Waals surface area (Å²) >= 11 is 0. The lowest BCUT2D eigenvalue weighted by Gasteiger charge is -2.15. The van der Waals surface area contributed by atoms with Crippen molar-refractivity contribution in [2.45, 2.75) is 20.3 Å². The number of aryl methyl sites for hydroxylation is 2. The summed E-state index contributed by atoms with van der Waals surface area (Å²) in [5.74, 6) is 1.48. The Kier molecular flexibility index (Phi) is 5.03. The Labute approximate surface area is 108 Å². The average molecular weight is 272 g/mol. The van der Waals surface area contributed by atoms with E-state index in [1.807, 2.05) is 13.8 Å². The van der Waals surface area contributed by atoms with Crippen molar-refractivity contribution in [1.82, 2.24) is 14.3 Å². The van der Waals surface area contributed by atoms with Crippen molar-refractivity contribution in [3.63, 3.8) is 0 Å². The topological polar surface area (TPSA) is 75.2 Å². The van der Waals surface area contributed by atoms with E-state index < -0.39 is 10.0 Å². The molecule has 18 heavy (non-hydrogen) atoms. The summed E-state index contributed by atoms with van der Waals surface area (Å²) in [6.45, 7) is 4.78. The van der Waals surface area contributed by atoms with E-state index in [1.165, 1.54) is 10.6 Å². The van der Waals surface area contributed by atoms with Crippen molar-refractivity contribution in [3.8, 4) is 0 Å². The zero-order valence-electron chi connectivity index (χ0n) is 11.3. The van der Waals surface area contributed by atoms with Crippen LogP contribution in [0.4, 0.5) is 5.82 Å². The van der Waals surface area contributed by atoms with Gasteiger partial charge in [0.05, 0.1) is 6.26 Å². The lowest BCUT2D eigenvalue weighted by atomic mass is 10.2. The maximum atomic E-state index is 11.2. The van der Waals surface area contributed by atoms with E-state index in [0.29, 0.717) is 18.9 Å². The first kappa shape index (κ1) is 14.8. The number of sulfonamides is 1. The second-order valence-corrected chi connectivity index (χ2v) is 6.25. The minimum absolute atomic E-state index is 0.408. The summed E-state index contributed by atoms with van der Waals surface area (Å²) in [7, 11) is -1.56. The fourth-order valence-electron chi connectivity index (χ4n) is 1.40. The van der Waals surface area contributed by atoms with Gasteiger partial charge in [-0.2, -0.15) is 0 Å². The van der Waals surface area contributed by atoms with Crippen LogP contribution >= 0.6 is 0 Å². The molecule has 0 saturated carbocycles. The maximum Gasteiger partial charge on any atom is 0.211 e. The van der Waals surface area contributed by atoms with Crippen molar-refractivity contribution in [1.29, 1.82) is 0 Å². The molecule has 0 aromatic carbocycles. The zero-order chi connectivity index (χ0) is 13.8. The summed E-state index contributed by atoms with van der Waals surface area (Å²) in [6.07, 6.45) is 3.83. The minimum atomic E-state index is -3.12. The molecule has 1 aromatic heterocycles. The van der Waals surface area contributed by atoms with E-state index in [-0.39, 0.29) is 0 Å². The normalized spacial score (nSPS) is 11.8. The molecule has 1 heterocycles. The monoisotopic (exact) mass is 272 g/mol. The summed E-state index contributed by atoms with van der Waals surface area (Å²) in [6, 6.07) is 0. The van der Waals surface area contributed by atoms with Crippen LogP contribution in [0.2, 0.25) is 0 Å². The molecule has 6 nitrogen and oxygen atoms in total. The third-order valence-electron chi connectivity index (χ3n) is 2.65. The van der Waals surface area contributed by atoms with Gasteiger partial charge in [0.2, 0.25) is 10.0 Å². The van der Waals surface area contributed by atoms with E-state index >= 15 is 0 Å². The minimum Gasteiger partial charge on any atom is -0.368 e. The first-order valence-corrected chi connectivity index (χ1v) is 7.67. The molecule has 7 heteroatoms. The Morgan fingerprint density at radius 3 is 2.67 bits per heavy atom. The maximum absolute atomic E-state index is 11.2. The van der Waals surface area contributed by atoms with E-state index in [4.69, 9.17) is 0 Å². The van der Waals surface area contributed by atoms with Gasteiger partial charge in [-0.15, -0.1) is 0 Å². The Bertz CT molecular complexity index is 502. The summed E-state index contributed by atoms with van der Waals surface area (Å²) in [5.41, 5.74) is 1.03. The van der Waals surface area contributed by atoms with Crippen molar-refractivity contribution in [2.24, 2.45) is 0 Å². The van der Waals surface area contributed by atoms with Crippen LogP contribution in [-0.2, 0) is 16.4 Å². The molecule has 0 aliphatic rings. The van der Waals surface area contributed by atoms with Gasteiger partial charge in [-0.1, -0.05) is 6.92 Å². The molecular formula is C11H20N4O2S. The highest BCUT2D eigenvalue weighted by Crippen LogP contribution is 2.11. The average Bonchev–Trinajstić information content (AvgIpc) is 2.28. The quantitative estimate of drug-likeness (QED) is 0.823. The van der Waals surface area contributed by atoms with Gasteiger partial charge in [0.1, 0.15) is 11.6 Å². The predicted molar refractivity (Wildman–Crippen MR) is 72.1 cm³/mol. The molecule has 1 N–H and O–H groups in total. The number of hydrogen-bond donors (Lipinski definition) is 1. The Balaban J connectivity index is 2.61. The largest absolute Gasteiger partial charge is 0.368 e. The van der Waals surface area contributed by atoms with Gasteiger partial charge in [0.25, 0.3) is 0 Å². The number of anilines is 1. The van der Waals surface area contributed by atoms with Crippen LogP contribution in [-0.4, -0.2) is 49.1 Å². The number of hydrogen-bond acceptors (Lipinski definition) is 5. The molecule has 0 aliphatic heterocycles. The molecule has 0 saturated heterocycles. The van der Waals surface area contributed by atoms with Crippen molar-refractivity contribution in [3.05, 3.63) is 17.6 Å². The standard InChI is InChI=1S/C11H20N4O2S/c1-5-10-8-13-9(2)14-11(10)12-6-7-15(3)18(4,16)17/h8H,5-7H2,1-4H3,(H,12,13,14). The molecule has 0 unspecified atom stereocenters. The number of likely N-dealkylation sites (N-methyl/N-ethyl adjacent to an activating group) is 1. The third kappa shape index (κ3) is 4.23. The van der Waals surface area contributed by atoms with Crippen molar-refractivity contribution in [2.75, 3.05) is 31.7 Å². The van der Waals surface area contributed by atoms with Gasteiger partial charge in [-0.25, -0.2) is 22.7 Å². The molecule has 0 aliphatic carbocycles. The number of nitrogens with one attached hydrogen (secondary N) is 1. The number of rotatable bonds is 6. The molecule has 0 radical (unpaired) electrons. The van der Waals surface area contributed by atoms with Crippen LogP contribution in [0.3, 0.4) is 0 Å². The zero-order valence-corrected chi connectivity index (χ0v) is 12.1. The molecule has 0 amide bonds. The highest BCUT2D eigenvalue weighted by atomic mass is 32.2. The fourth-order valence-corrected chi connectivity index (χ4v) is 1.83. The molecule has 0 spiro atoms. The Hall–Kier alpha value is -1.21. The molecule has 0 bridgehead atoms. The van der Waals surface area contributed by atoms with Crippen LogP contribution in [0.5, 0.6) is 0 Å². The van der Waals surface area contributed by atoms with Crippen LogP contribution < -0.4 is 5.32 Å². The highest BCUT2D eigenvalue weighted by Gasteiger charge is 2.10. The third-order valence-corrected chi connectivity index (χ3v) is 3.97. The van der Waals surface area contributed by atoms with Gasteiger partial charge in [0, 0.05) is 31.9 Å². The highest BCUT2D eigenvalue weighted by molar-refractivity contribution is 7.88. The first-order valence-electron chi connectivity index (χ1n) is 5.82. The molecule has 102 valence electrons. The lowest BCUT2D eigenvalue weighted by molar-refractivity contribution is 0.486. The lowest BCUT2D eigenvalue weighted by Crippen LogP contribution is -2.30. The van der Waals surface area contributed by atoms with Gasteiger partial charge in [-0.05, 0) is 13.3 Å². The fraction of sp³-hybridized carbons (Fsp3) is 0.636. The van der Waals surface area contributed by atoms with Gasteiger partial charge in [-0.3, -0.25) is 0 Å². The van der Waals surface area contributed by atoms with Crippen molar-refractivity contribution >= 4 is 15.8 Å². The van der Waals surface area contributed by atoms with Crippen LogP contribution in [0.15, 0.2) is 6.20 Å². The van der Waals surface area contributed by atoms with Gasteiger partial charge in [0.15, 0.2) is 0 Å². The van der Waals surface area contributed by atoms with E-state index in [0.717, 1.165) is 17.8 Å². The summed E-state index contributed by atoms with van der Waals surface area (Å²) < 4.78 is 23.8. The van der Waals surface area contributed by atoms with E-state index in [2.05, 4.69) is 15.3 Å². The SMILES string of the molecule is CCc1cnc(C)nc1NCCN(C)S(C)(=O)=O. The number of aromatic nitrogens is 2. The van der Waals surface area contributed by atoms with Gasteiger partial charge < -0.3 is 5.32 Å². The molecule has 0 fully saturated rings. The van der Waals surface area contributed by atoms with Crippen molar-refractivity contribution < 1.29 is 8.42 Å². The predicted octanol–water partition coefficient (Wildman–Crippen LogP) is 0.651. The molecular weight excluding hydrogens is 252 g/mol.